The Morgan fingerprint density at radius 3 is 3.08 bits per heavy atom. The third-order valence-corrected chi connectivity index (χ3v) is 2.47. The second-order valence-electron chi connectivity index (χ2n) is 3.39. The number of ether oxygens (including phenoxy) is 1. The van der Waals surface area contributed by atoms with E-state index < -0.39 is 0 Å². The molecule has 70 valence electrons. The SMILES string of the molecule is C[C@@H]1OCc2ccc(F)cc2[C@@H]1N. The van der Waals surface area contributed by atoms with Gasteiger partial charge >= 0.3 is 0 Å². The van der Waals surface area contributed by atoms with E-state index >= 15 is 0 Å². The zero-order valence-electron chi connectivity index (χ0n) is 7.46. The normalized spacial score (nSPS) is 27.0. The molecule has 0 spiro atoms. The standard InChI is InChI=1S/C10H12FNO/c1-6-10(12)9-4-8(11)3-2-7(9)5-13-6/h2-4,6,10H,5,12H2,1H3/t6-,10+/m0/s1. The van der Waals surface area contributed by atoms with Gasteiger partial charge < -0.3 is 10.5 Å². The average molecular weight is 181 g/mol. The Bertz CT molecular complexity index is 327. The van der Waals surface area contributed by atoms with Gasteiger partial charge in [-0.15, -0.1) is 0 Å². The molecule has 3 heteroatoms. The molecule has 0 saturated heterocycles. The van der Waals surface area contributed by atoms with Crippen LogP contribution in [0.3, 0.4) is 0 Å². The summed E-state index contributed by atoms with van der Waals surface area (Å²) in [6.45, 7) is 2.43. The van der Waals surface area contributed by atoms with Crippen molar-refractivity contribution in [1.29, 1.82) is 0 Å². The predicted molar refractivity (Wildman–Crippen MR) is 47.6 cm³/mol. The largest absolute Gasteiger partial charge is 0.372 e. The molecule has 1 aromatic carbocycles. The molecule has 0 unspecified atom stereocenters. The highest BCUT2D eigenvalue weighted by Gasteiger charge is 2.23. The van der Waals surface area contributed by atoms with E-state index in [1.165, 1.54) is 12.1 Å². The van der Waals surface area contributed by atoms with Crippen LogP contribution < -0.4 is 5.73 Å². The fourth-order valence-corrected chi connectivity index (χ4v) is 1.59. The lowest BCUT2D eigenvalue weighted by atomic mass is 9.95. The zero-order valence-corrected chi connectivity index (χ0v) is 7.46. The summed E-state index contributed by atoms with van der Waals surface area (Å²) in [5.41, 5.74) is 7.73. The summed E-state index contributed by atoms with van der Waals surface area (Å²) in [5.74, 6) is -0.233. The van der Waals surface area contributed by atoms with Crippen LogP contribution in [0.4, 0.5) is 4.39 Å². The molecule has 13 heavy (non-hydrogen) atoms. The third kappa shape index (κ3) is 1.45. The molecule has 0 radical (unpaired) electrons. The third-order valence-electron chi connectivity index (χ3n) is 2.47. The molecule has 0 aliphatic carbocycles. The monoisotopic (exact) mass is 181 g/mol. The molecule has 0 aromatic heterocycles. The number of fused-ring (bicyclic) bond motifs is 1. The number of benzene rings is 1. The highest BCUT2D eigenvalue weighted by molar-refractivity contribution is 5.32. The van der Waals surface area contributed by atoms with Gasteiger partial charge in [0, 0.05) is 0 Å². The first kappa shape index (κ1) is 8.66. The van der Waals surface area contributed by atoms with Gasteiger partial charge in [-0.25, -0.2) is 4.39 Å². The number of hydrogen-bond acceptors (Lipinski definition) is 2. The van der Waals surface area contributed by atoms with E-state index in [0.717, 1.165) is 11.1 Å². The van der Waals surface area contributed by atoms with Crippen LogP contribution in [-0.4, -0.2) is 6.10 Å². The van der Waals surface area contributed by atoms with Crippen LogP contribution in [0, 0.1) is 5.82 Å². The van der Waals surface area contributed by atoms with Crippen molar-refractivity contribution in [2.45, 2.75) is 25.7 Å². The molecule has 0 amide bonds. The lowest BCUT2D eigenvalue weighted by molar-refractivity contribution is 0.0212. The summed E-state index contributed by atoms with van der Waals surface area (Å²) >= 11 is 0. The number of nitrogens with two attached hydrogens (primary N) is 1. The minimum absolute atomic E-state index is 0.0331. The van der Waals surface area contributed by atoms with Crippen LogP contribution in [0.5, 0.6) is 0 Å². The van der Waals surface area contributed by atoms with Crippen LogP contribution in [0.1, 0.15) is 24.1 Å². The van der Waals surface area contributed by atoms with Gasteiger partial charge in [-0.2, -0.15) is 0 Å². The van der Waals surface area contributed by atoms with Crippen LogP contribution in [-0.2, 0) is 11.3 Å². The van der Waals surface area contributed by atoms with E-state index in [4.69, 9.17) is 10.5 Å². The maximum absolute atomic E-state index is 12.9. The number of halogens is 1. The maximum atomic E-state index is 12.9. The highest BCUT2D eigenvalue weighted by Crippen LogP contribution is 2.27. The van der Waals surface area contributed by atoms with Crippen molar-refractivity contribution in [3.05, 3.63) is 35.1 Å². The number of hydrogen-bond donors (Lipinski definition) is 1. The molecular formula is C10H12FNO. The second kappa shape index (κ2) is 3.09. The van der Waals surface area contributed by atoms with E-state index in [-0.39, 0.29) is 18.0 Å². The summed E-state index contributed by atoms with van der Waals surface area (Å²) < 4.78 is 18.3. The topological polar surface area (TPSA) is 35.2 Å². The molecule has 2 N–H and O–H groups in total. The zero-order chi connectivity index (χ0) is 9.42. The number of rotatable bonds is 0. The molecule has 2 nitrogen and oxygen atoms in total. The van der Waals surface area contributed by atoms with Crippen LogP contribution in [0.2, 0.25) is 0 Å². The van der Waals surface area contributed by atoms with E-state index in [0.29, 0.717) is 6.61 Å². The molecule has 1 aliphatic heterocycles. The lowest BCUT2D eigenvalue weighted by Gasteiger charge is -2.28. The minimum atomic E-state index is -0.233. The molecule has 1 aliphatic rings. The summed E-state index contributed by atoms with van der Waals surface area (Å²) in [4.78, 5) is 0. The summed E-state index contributed by atoms with van der Waals surface area (Å²) in [6, 6.07) is 4.46. The van der Waals surface area contributed by atoms with Crippen molar-refractivity contribution < 1.29 is 9.13 Å². The fourth-order valence-electron chi connectivity index (χ4n) is 1.59. The van der Waals surface area contributed by atoms with Crippen molar-refractivity contribution >= 4 is 0 Å². The first-order valence-corrected chi connectivity index (χ1v) is 4.34. The molecule has 2 atom stereocenters. The van der Waals surface area contributed by atoms with Crippen LogP contribution in [0.15, 0.2) is 18.2 Å². The van der Waals surface area contributed by atoms with Gasteiger partial charge in [-0.1, -0.05) is 6.07 Å². The Kier molecular flexibility index (Phi) is 2.06. The van der Waals surface area contributed by atoms with Gasteiger partial charge in [0.05, 0.1) is 18.8 Å². The minimum Gasteiger partial charge on any atom is -0.372 e. The van der Waals surface area contributed by atoms with Crippen molar-refractivity contribution in [1.82, 2.24) is 0 Å². The van der Waals surface area contributed by atoms with Crippen molar-refractivity contribution in [2.24, 2.45) is 5.73 Å². The summed E-state index contributed by atoms with van der Waals surface area (Å²) in [7, 11) is 0. The Hall–Kier alpha value is -0.930. The Morgan fingerprint density at radius 1 is 1.54 bits per heavy atom. The second-order valence-corrected chi connectivity index (χ2v) is 3.39. The van der Waals surface area contributed by atoms with Gasteiger partial charge in [-0.05, 0) is 30.2 Å². The summed E-state index contributed by atoms with van der Waals surface area (Å²) in [6.07, 6.45) is -0.0331. The van der Waals surface area contributed by atoms with Gasteiger partial charge in [-0.3, -0.25) is 0 Å². The Morgan fingerprint density at radius 2 is 2.31 bits per heavy atom. The Balaban J connectivity index is 2.45. The molecule has 1 aromatic rings. The van der Waals surface area contributed by atoms with Gasteiger partial charge in [0.2, 0.25) is 0 Å². The van der Waals surface area contributed by atoms with Gasteiger partial charge in [0.25, 0.3) is 0 Å². The quantitative estimate of drug-likeness (QED) is 0.661. The molecule has 0 bridgehead atoms. The first-order valence-electron chi connectivity index (χ1n) is 4.34. The molecule has 2 rings (SSSR count). The highest BCUT2D eigenvalue weighted by atomic mass is 19.1. The first-order chi connectivity index (χ1) is 6.18. The van der Waals surface area contributed by atoms with Crippen molar-refractivity contribution in [3.8, 4) is 0 Å². The van der Waals surface area contributed by atoms with E-state index in [1.54, 1.807) is 6.07 Å². The molecule has 0 fully saturated rings. The van der Waals surface area contributed by atoms with Crippen molar-refractivity contribution in [2.75, 3.05) is 0 Å². The summed E-state index contributed by atoms with van der Waals surface area (Å²) in [5, 5.41) is 0. The molecule has 1 heterocycles. The average Bonchev–Trinajstić information content (AvgIpc) is 2.12. The maximum Gasteiger partial charge on any atom is 0.123 e. The van der Waals surface area contributed by atoms with Gasteiger partial charge in [0.15, 0.2) is 0 Å². The smallest absolute Gasteiger partial charge is 0.123 e. The van der Waals surface area contributed by atoms with Crippen LogP contribution >= 0.6 is 0 Å². The molecular weight excluding hydrogens is 169 g/mol. The molecule has 0 saturated carbocycles. The van der Waals surface area contributed by atoms with Crippen LogP contribution in [0.25, 0.3) is 0 Å². The fraction of sp³-hybridized carbons (Fsp3) is 0.400. The predicted octanol–water partition coefficient (Wildman–Crippen LogP) is 1.74. The van der Waals surface area contributed by atoms with E-state index in [9.17, 15) is 4.39 Å². The van der Waals surface area contributed by atoms with E-state index in [1.807, 2.05) is 6.92 Å². The van der Waals surface area contributed by atoms with Crippen molar-refractivity contribution in [3.63, 3.8) is 0 Å². The lowest BCUT2D eigenvalue weighted by Crippen LogP contribution is -2.31. The van der Waals surface area contributed by atoms with Gasteiger partial charge in [0.1, 0.15) is 5.82 Å². The Labute approximate surface area is 76.5 Å². The van der Waals surface area contributed by atoms with E-state index in [2.05, 4.69) is 0 Å².